The maximum absolute atomic E-state index is 12.5. The van der Waals surface area contributed by atoms with Crippen LogP contribution >= 0.6 is 0 Å². The molecule has 13 heavy (non-hydrogen) atoms. The lowest BCUT2D eigenvalue weighted by atomic mass is 10.2. The van der Waals surface area contributed by atoms with E-state index >= 15 is 0 Å². The fraction of sp³-hybridized carbons (Fsp3) is 0.333. The first-order chi connectivity index (χ1) is 6.04. The molecule has 0 radical (unpaired) electrons. The summed E-state index contributed by atoms with van der Waals surface area (Å²) in [5.41, 5.74) is -0.169. The molecule has 0 spiro atoms. The number of aryl methyl sites for hydroxylation is 1. The molecule has 0 atom stereocenters. The molecular weight excluding hydrogens is 181 g/mol. The van der Waals surface area contributed by atoms with Crippen LogP contribution in [0.5, 0.6) is 5.75 Å². The van der Waals surface area contributed by atoms with E-state index in [9.17, 15) is 13.2 Å². The summed E-state index contributed by atoms with van der Waals surface area (Å²) < 4.78 is 37.2. The number of rotatable bonds is 0. The third-order valence-corrected chi connectivity index (χ3v) is 1.32. The van der Waals surface area contributed by atoms with Gasteiger partial charge in [0.25, 0.3) is 0 Å². The lowest BCUT2D eigenvalue weighted by molar-refractivity contribution is 0.374. The number of phenolic OH excluding ortho intramolecular Hbond substituents is 1. The summed E-state index contributed by atoms with van der Waals surface area (Å²) in [7, 11) is 0. The number of benzene rings is 1. The van der Waals surface area contributed by atoms with E-state index in [-0.39, 0.29) is 5.56 Å². The highest BCUT2D eigenvalue weighted by atomic mass is 19.2. The minimum Gasteiger partial charge on any atom is -0.503 e. The maximum atomic E-state index is 12.5. The van der Waals surface area contributed by atoms with Crippen molar-refractivity contribution in [1.82, 2.24) is 0 Å². The first kappa shape index (κ1) is 11.8. The zero-order chi connectivity index (χ0) is 10.6. The summed E-state index contributed by atoms with van der Waals surface area (Å²) in [4.78, 5) is 0. The molecule has 4 heteroatoms. The average Bonchev–Trinajstić information content (AvgIpc) is 2.15. The van der Waals surface area contributed by atoms with Crippen molar-refractivity contribution in [2.45, 2.75) is 20.8 Å². The van der Waals surface area contributed by atoms with E-state index in [1.54, 1.807) is 0 Å². The summed E-state index contributed by atoms with van der Waals surface area (Å²) >= 11 is 0. The number of hydrogen-bond acceptors (Lipinski definition) is 1. The van der Waals surface area contributed by atoms with Gasteiger partial charge in [-0.15, -0.1) is 0 Å². The molecule has 0 aliphatic heterocycles. The van der Waals surface area contributed by atoms with Gasteiger partial charge in [0.15, 0.2) is 17.4 Å². The van der Waals surface area contributed by atoms with Crippen molar-refractivity contribution in [3.63, 3.8) is 0 Å². The zero-order valence-corrected chi connectivity index (χ0v) is 7.66. The van der Waals surface area contributed by atoms with Gasteiger partial charge in [-0.3, -0.25) is 0 Å². The molecule has 0 saturated carbocycles. The third kappa shape index (κ3) is 2.37. The fourth-order valence-electron chi connectivity index (χ4n) is 0.704. The molecule has 0 heterocycles. The molecule has 1 aromatic carbocycles. The Hall–Kier alpha value is -1.19. The van der Waals surface area contributed by atoms with Gasteiger partial charge in [-0.1, -0.05) is 13.8 Å². The molecule has 0 bridgehead atoms. The standard InChI is InChI=1S/C7H5F3O.C2H6/c1-3-2-4(8)7(11)6(10)5(3)9;1-2/h2,11H,1H3;1-2H3. The Balaban J connectivity index is 0.000000671. The van der Waals surface area contributed by atoms with Gasteiger partial charge >= 0.3 is 0 Å². The van der Waals surface area contributed by atoms with Crippen molar-refractivity contribution in [3.8, 4) is 5.75 Å². The van der Waals surface area contributed by atoms with Crippen LogP contribution in [0.2, 0.25) is 0 Å². The van der Waals surface area contributed by atoms with E-state index < -0.39 is 23.2 Å². The molecular formula is C9H11F3O. The molecule has 0 aromatic heterocycles. The second kappa shape index (κ2) is 4.74. The lowest BCUT2D eigenvalue weighted by Gasteiger charge is -2.00. The van der Waals surface area contributed by atoms with Gasteiger partial charge in [-0.2, -0.15) is 4.39 Å². The SMILES string of the molecule is CC.Cc1cc(F)c(O)c(F)c1F. The van der Waals surface area contributed by atoms with Gasteiger partial charge < -0.3 is 5.11 Å². The summed E-state index contributed by atoms with van der Waals surface area (Å²) in [5.74, 6) is -5.18. The maximum Gasteiger partial charge on any atom is 0.203 e. The van der Waals surface area contributed by atoms with Gasteiger partial charge in [-0.25, -0.2) is 8.78 Å². The Morgan fingerprint density at radius 3 is 2.00 bits per heavy atom. The van der Waals surface area contributed by atoms with Crippen LogP contribution in [0, 0.1) is 24.4 Å². The second-order valence-electron chi connectivity index (χ2n) is 2.15. The topological polar surface area (TPSA) is 20.2 Å². The summed E-state index contributed by atoms with van der Waals surface area (Å²) in [6.45, 7) is 5.21. The van der Waals surface area contributed by atoms with Crippen LogP contribution in [0.4, 0.5) is 13.2 Å². The smallest absolute Gasteiger partial charge is 0.203 e. The second-order valence-corrected chi connectivity index (χ2v) is 2.15. The number of phenols is 1. The zero-order valence-electron chi connectivity index (χ0n) is 7.66. The Morgan fingerprint density at radius 2 is 1.54 bits per heavy atom. The molecule has 1 N–H and O–H groups in total. The first-order valence-corrected chi connectivity index (χ1v) is 3.87. The summed E-state index contributed by atoms with van der Waals surface area (Å²) in [6, 6.07) is 0.730. The van der Waals surface area contributed by atoms with Gasteiger partial charge in [0.2, 0.25) is 5.82 Å². The van der Waals surface area contributed by atoms with E-state index in [2.05, 4.69) is 0 Å². The molecule has 0 saturated heterocycles. The van der Waals surface area contributed by atoms with Gasteiger partial charge in [0.05, 0.1) is 0 Å². The van der Waals surface area contributed by atoms with Crippen LogP contribution in [-0.4, -0.2) is 5.11 Å². The van der Waals surface area contributed by atoms with E-state index in [4.69, 9.17) is 5.11 Å². The minimum atomic E-state index is -1.54. The van der Waals surface area contributed by atoms with Crippen molar-refractivity contribution >= 4 is 0 Å². The predicted molar refractivity (Wildman–Crippen MR) is 44.1 cm³/mol. The third-order valence-electron chi connectivity index (χ3n) is 1.32. The monoisotopic (exact) mass is 192 g/mol. The highest BCUT2D eigenvalue weighted by Gasteiger charge is 2.14. The number of halogens is 3. The molecule has 0 amide bonds. The Bertz CT molecular complexity index is 271. The van der Waals surface area contributed by atoms with Crippen LogP contribution in [-0.2, 0) is 0 Å². The molecule has 74 valence electrons. The van der Waals surface area contributed by atoms with E-state index in [0.717, 1.165) is 6.07 Å². The van der Waals surface area contributed by atoms with Crippen molar-refractivity contribution < 1.29 is 18.3 Å². The van der Waals surface area contributed by atoms with E-state index in [0.29, 0.717) is 0 Å². The lowest BCUT2D eigenvalue weighted by Crippen LogP contribution is -1.92. The molecule has 1 rings (SSSR count). The van der Waals surface area contributed by atoms with Crippen LogP contribution in [0.1, 0.15) is 19.4 Å². The molecule has 0 aliphatic carbocycles. The average molecular weight is 192 g/mol. The van der Waals surface area contributed by atoms with E-state index in [1.807, 2.05) is 13.8 Å². The normalized spacial score (nSPS) is 9.08. The molecule has 0 fully saturated rings. The summed E-state index contributed by atoms with van der Waals surface area (Å²) in [5, 5.41) is 8.52. The molecule has 0 unspecified atom stereocenters. The minimum absolute atomic E-state index is 0.169. The van der Waals surface area contributed by atoms with Crippen molar-refractivity contribution in [2.24, 2.45) is 0 Å². The van der Waals surface area contributed by atoms with Crippen molar-refractivity contribution in [1.29, 1.82) is 0 Å². The Labute approximate surface area is 74.8 Å². The van der Waals surface area contributed by atoms with Crippen LogP contribution in [0.25, 0.3) is 0 Å². The summed E-state index contributed by atoms with van der Waals surface area (Å²) in [6.07, 6.45) is 0. The fourth-order valence-corrected chi connectivity index (χ4v) is 0.704. The quantitative estimate of drug-likeness (QED) is 0.626. The van der Waals surface area contributed by atoms with Gasteiger partial charge in [0, 0.05) is 0 Å². The molecule has 0 aliphatic rings. The van der Waals surface area contributed by atoms with Gasteiger partial charge in [0.1, 0.15) is 0 Å². The Morgan fingerprint density at radius 1 is 1.08 bits per heavy atom. The number of hydrogen-bond donors (Lipinski definition) is 1. The van der Waals surface area contributed by atoms with E-state index in [1.165, 1.54) is 6.92 Å². The predicted octanol–water partition coefficient (Wildman–Crippen LogP) is 3.14. The van der Waals surface area contributed by atoms with Crippen LogP contribution < -0.4 is 0 Å². The molecule has 1 aromatic rings. The largest absolute Gasteiger partial charge is 0.503 e. The highest BCUT2D eigenvalue weighted by molar-refractivity contribution is 5.30. The molecule has 1 nitrogen and oxygen atoms in total. The van der Waals surface area contributed by atoms with Crippen LogP contribution in [0.15, 0.2) is 6.07 Å². The van der Waals surface area contributed by atoms with Crippen molar-refractivity contribution in [2.75, 3.05) is 0 Å². The van der Waals surface area contributed by atoms with Gasteiger partial charge in [-0.05, 0) is 18.6 Å². The van der Waals surface area contributed by atoms with Crippen molar-refractivity contribution in [3.05, 3.63) is 29.1 Å². The first-order valence-electron chi connectivity index (χ1n) is 3.87. The highest BCUT2D eigenvalue weighted by Crippen LogP contribution is 2.24. The number of aromatic hydroxyl groups is 1. The Kier molecular flexibility index (Phi) is 4.31. The van der Waals surface area contributed by atoms with Crippen LogP contribution in [0.3, 0.4) is 0 Å².